The van der Waals surface area contributed by atoms with Crippen molar-refractivity contribution in [3.63, 3.8) is 0 Å². The Morgan fingerprint density at radius 3 is 2.83 bits per heavy atom. The van der Waals surface area contributed by atoms with Crippen LogP contribution in [-0.2, 0) is 0 Å². The minimum atomic E-state index is -0.0172. The van der Waals surface area contributed by atoms with Gasteiger partial charge in [0, 0.05) is 19.1 Å². The number of likely N-dealkylation sites (tertiary alicyclic amines) is 2. The van der Waals surface area contributed by atoms with Crippen LogP contribution in [0.15, 0.2) is 6.33 Å². The summed E-state index contributed by atoms with van der Waals surface area (Å²) in [6.45, 7) is 4.05. The highest BCUT2D eigenvalue weighted by Crippen LogP contribution is 2.21. The molecule has 1 amide bonds. The van der Waals surface area contributed by atoms with E-state index in [2.05, 4.69) is 20.1 Å². The number of carbonyl (C=O) groups is 1. The first kappa shape index (κ1) is 11.6. The molecular formula is C12H19N5O. The van der Waals surface area contributed by atoms with Gasteiger partial charge < -0.3 is 4.90 Å². The Hall–Kier alpha value is -1.43. The van der Waals surface area contributed by atoms with Crippen LogP contribution in [0.2, 0.25) is 0 Å². The van der Waals surface area contributed by atoms with Crippen molar-refractivity contribution >= 4 is 5.91 Å². The van der Waals surface area contributed by atoms with Crippen molar-refractivity contribution < 1.29 is 4.79 Å². The fraction of sp³-hybridized carbons (Fsp3) is 0.750. The Morgan fingerprint density at radius 1 is 1.28 bits per heavy atom. The van der Waals surface area contributed by atoms with E-state index in [-0.39, 0.29) is 5.91 Å². The fourth-order valence-corrected chi connectivity index (χ4v) is 3.00. The van der Waals surface area contributed by atoms with Crippen LogP contribution in [-0.4, -0.2) is 63.1 Å². The number of rotatable bonds is 2. The summed E-state index contributed by atoms with van der Waals surface area (Å²) in [6, 6.07) is 0.535. The Morgan fingerprint density at radius 2 is 2.11 bits per heavy atom. The maximum absolute atomic E-state index is 12.2. The van der Waals surface area contributed by atoms with Crippen molar-refractivity contribution in [1.82, 2.24) is 25.0 Å². The van der Waals surface area contributed by atoms with E-state index < -0.39 is 0 Å². The normalized spacial score (nSPS) is 25.6. The highest BCUT2D eigenvalue weighted by atomic mass is 16.2. The molecule has 0 aliphatic carbocycles. The standard InChI is InChI=1S/C12H19N5O/c18-12(11-13-9-14-15-11)17-7-3-4-10(8-17)16-5-1-2-6-16/h9-10H,1-8H2,(H,13,14,15). The number of nitrogens with one attached hydrogen (secondary N) is 1. The first-order chi connectivity index (χ1) is 8.84. The first-order valence-electron chi connectivity index (χ1n) is 6.73. The third kappa shape index (κ3) is 2.25. The molecule has 3 rings (SSSR count). The van der Waals surface area contributed by atoms with Gasteiger partial charge in [-0.25, -0.2) is 4.98 Å². The lowest BCUT2D eigenvalue weighted by atomic mass is 10.0. The van der Waals surface area contributed by atoms with Crippen LogP contribution < -0.4 is 0 Å². The number of hydrogen-bond donors (Lipinski definition) is 1. The maximum Gasteiger partial charge on any atom is 0.291 e. The summed E-state index contributed by atoms with van der Waals surface area (Å²) in [5.41, 5.74) is 0. The molecule has 18 heavy (non-hydrogen) atoms. The van der Waals surface area contributed by atoms with Crippen LogP contribution in [0.1, 0.15) is 36.3 Å². The first-order valence-corrected chi connectivity index (χ1v) is 6.73. The number of nitrogens with zero attached hydrogens (tertiary/aromatic N) is 4. The van der Waals surface area contributed by atoms with E-state index in [4.69, 9.17) is 0 Å². The summed E-state index contributed by atoms with van der Waals surface area (Å²) in [5.74, 6) is 0.341. The van der Waals surface area contributed by atoms with Crippen molar-refractivity contribution in [2.75, 3.05) is 26.2 Å². The van der Waals surface area contributed by atoms with Crippen LogP contribution in [0.3, 0.4) is 0 Å². The zero-order valence-corrected chi connectivity index (χ0v) is 10.5. The van der Waals surface area contributed by atoms with E-state index >= 15 is 0 Å². The number of aromatic amines is 1. The molecule has 2 aliphatic heterocycles. The SMILES string of the molecule is O=C(c1ncn[nH]1)N1CCCC(N2CCCC2)C1. The van der Waals surface area contributed by atoms with E-state index in [0.717, 1.165) is 19.5 Å². The summed E-state index contributed by atoms with van der Waals surface area (Å²) >= 11 is 0. The Balaban J connectivity index is 1.64. The zero-order valence-electron chi connectivity index (χ0n) is 10.5. The van der Waals surface area contributed by atoms with Crippen molar-refractivity contribution in [2.45, 2.75) is 31.7 Å². The van der Waals surface area contributed by atoms with Gasteiger partial charge in [-0.15, -0.1) is 0 Å². The summed E-state index contributed by atoms with van der Waals surface area (Å²) in [4.78, 5) is 20.6. The molecule has 1 aromatic rings. The second kappa shape index (κ2) is 5.06. The van der Waals surface area contributed by atoms with Crippen LogP contribution in [0, 0.1) is 0 Å². The van der Waals surface area contributed by atoms with Crippen molar-refractivity contribution in [3.8, 4) is 0 Å². The molecule has 1 N–H and O–H groups in total. The molecule has 1 aromatic heterocycles. The van der Waals surface area contributed by atoms with Gasteiger partial charge in [0.25, 0.3) is 5.91 Å². The molecule has 98 valence electrons. The number of amides is 1. The molecule has 3 heterocycles. The predicted octanol–water partition coefficient (Wildman–Crippen LogP) is 0.505. The smallest absolute Gasteiger partial charge is 0.291 e. The van der Waals surface area contributed by atoms with E-state index in [1.807, 2.05) is 4.90 Å². The van der Waals surface area contributed by atoms with Gasteiger partial charge in [0.2, 0.25) is 5.82 Å². The molecule has 1 atom stereocenters. The molecule has 2 fully saturated rings. The Bertz CT molecular complexity index is 399. The van der Waals surface area contributed by atoms with Gasteiger partial charge in [0.05, 0.1) is 0 Å². The average molecular weight is 249 g/mol. The van der Waals surface area contributed by atoms with Gasteiger partial charge in [0.15, 0.2) is 0 Å². The van der Waals surface area contributed by atoms with E-state index in [1.54, 1.807) is 0 Å². The lowest BCUT2D eigenvalue weighted by Gasteiger charge is -2.37. The Labute approximate surface area is 106 Å². The minimum absolute atomic E-state index is 0.0172. The molecule has 0 saturated carbocycles. The predicted molar refractivity (Wildman–Crippen MR) is 66.1 cm³/mol. The number of carbonyl (C=O) groups excluding carboxylic acids is 1. The number of H-pyrrole nitrogens is 1. The highest BCUT2D eigenvalue weighted by molar-refractivity contribution is 5.90. The molecule has 6 nitrogen and oxygen atoms in total. The van der Waals surface area contributed by atoms with Crippen LogP contribution in [0.4, 0.5) is 0 Å². The molecule has 2 aliphatic rings. The van der Waals surface area contributed by atoms with E-state index in [9.17, 15) is 4.79 Å². The largest absolute Gasteiger partial charge is 0.334 e. The molecule has 2 saturated heterocycles. The molecule has 6 heteroatoms. The second-order valence-corrected chi connectivity index (χ2v) is 5.12. The zero-order chi connectivity index (χ0) is 12.4. The molecular weight excluding hydrogens is 230 g/mol. The second-order valence-electron chi connectivity index (χ2n) is 5.12. The Kier molecular flexibility index (Phi) is 3.27. The fourth-order valence-electron chi connectivity index (χ4n) is 3.00. The molecule has 0 radical (unpaired) electrons. The quantitative estimate of drug-likeness (QED) is 0.829. The number of piperidine rings is 1. The summed E-state index contributed by atoms with van der Waals surface area (Å²) in [6.07, 6.45) is 6.27. The van der Waals surface area contributed by atoms with Crippen molar-refractivity contribution in [3.05, 3.63) is 12.2 Å². The van der Waals surface area contributed by atoms with Gasteiger partial charge >= 0.3 is 0 Å². The molecule has 1 unspecified atom stereocenters. The van der Waals surface area contributed by atoms with Crippen molar-refractivity contribution in [1.29, 1.82) is 0 Å². The van der Waals surface area contributed by atoms with Gasteiger partial charge in [0.1, 0.15) is 6.33 Å². The highest BCUT2D eigenvalue weighted by Gasteiger charge is 2.30. The number of aromatic nitrogens is 3. The van der Waals surface area contributed by atoms with Crippen molar-refractivity contribution in [2.24, 2.45) is 0 Å². The van der Waals surface area contributed by atoms with Crippen LogP contribution >= 0.6 is 0 Å². The third-order valence-electron chi connectivity index (χ3n) is 3.96. The van der Waals surface area contributed by atoms with E-state index in [0.29, 0.717) is 11.9 Å². The lowest BCUT2D eigenvalue weighted by Crippen LogP contribution is -2.49. The number of hydrogen-bond acceptors (Lipinski definition) is 4. The van der Waals surface area contributed by atoms with Crippen LogP contribution in [0.25, 0.3) is 0 Å². The summed E-state index contributed by atoms with van der Waals surface area (Å²) in [7, 11) is 0. The van der Waals surface area contributed by atoms with Gasteiger partial charge in [-0.3, -0.25) is 14.8 Å². The molecule has 0 aromatic carbocycles. The summed E-state index contributed by atoms with van der Waals surface area (Å²) < 4.78 is 0. The van der Waals surface area contributed by atoms with Crippen LogP contribution in [0.5, 0.6) is 0 Å². The lowest BCUT2D eigenvalue weighted by molar-refractivity contribution is 0.0596. The van der Waals surface area contributed by atoms with Gasteiger partial charge in [-0.2, -0.15) is 5.10 Å². The molecule has 0 spiro atoms. The topological polar surface area (TPSA) is 65.1 Å². The van der Waals surface area contributed by atoms with E-state index in [1.165, 1.54) is 38.7 Å². The average Bonchev–Trinajstić information content (AvgIpc) is 3.11. The summed E-state index contributed by atoms with van der Waals surface area (Å²) in [5, 5.41) is 6.39. The monoisotopic (exact) mass is 249 g/mol. The third-order valence-corrected chi connectivity index (χ3v) is 3.96. The minimum Gasteiger partial charge on any atom is -0.334 e. The molecule has 0 bridgehead atoms. The van der Waals surface area contributed by atoms with Gasteiger partial charge in [-0.05, 0) is 38.8 Å². The van der Waals surface area contributed by atoms with Gasteiger partial charge in [-0.1, -0.05) is 0 Å². The maximum atomic E-state index is 12.2.